The second-order valence-electron chi connectivity index (χ2n) is 5.84. The van der Waals surface area contributed by atoms with E-state index in [9.17, 15) is 4.79 Å². The zero-order valence-corrected chi connectivity index (χ0v) is 12.6. The molecule has 1 atom stereocenters. The maximum atomic E-state index is 12.4. The lowest BCUT2D eigenvalue weighted by Gasteiger charge is -2.23. The van der Waals surface area contributed by atoms with Crippen LogP contribution in [0.25, 0.3) is 11.0 Å². The highest BCUT2D eigenvalue weighted by atomic mass is 16.2. The largest absolute Gasteiger partial charge is 0.340 e. The SMILES string of the molecule is CCCCCC(=O)N1CCCC1c1nc2ccccc2[nH]1. The van der Waals surface area contributed by atoms with Gasteiger partial charge in [0, 0.05) is 13.0 Å². The lowest BCUT2D eigenvalue weighted by atomic mass is 10.1. The van der Waals surface area contributed by atoms with E-state index >= 15 is 0 Å². The second kappa shape index (κ2) is 6.29. The van der Waals surface area contributed by atoms with Gasteiger partial charge in [-0.1, -0.05) is 31.9 Å². The molecule has 0 radical (unpaired) electrons. The molecule has 4 nitrogen and oxygen atoms in total. The van der Waals surface area contributed by atoms with Crippen molar-refractivity contribution in [3.8, 4) is 0 Å². The number of carbonyl (C=O) groups is 1. The first-order valence-electron chi connectivity index (χ1n) is 8.03. The van der Waals surface area contributed by atoms with E-state index in [-0.39, 0.29) is 11.9 Å². The van der Waals surface area contributed by atoms with Gasteiger partial charge in [-0.2, -0.15) is 0 Å². The molecule has 112 valence electrons. The molecule has 0 saturated carbocycles. The number of rotatable bonds is 5. The van der Waals surface area contributed by atoms with Crippen molar-refractivity contribution in [2.45, 2.75) is 51.5 Å². The number of imidazole rings is 1. The van der Waals surface area contributed by atoms with Crippen molar-refractivity contribution in [3.05, 3.63) is 30.1 Å². The third-order valence-electron chi connectivity index (χ3n) is 4.29. The van der Waals surface area contributed by atoms with Gasteiger partial charge >= 0.3 is 0 Å². The number of unbranched alkanes of at least 4 members (excludes halogenated alkanes) is 2. The van der Waals surface area contributed by atoms with Gasteiger partial charge in [0.2, 0.25) is 5.91 Å². The van der Waals surface area contributed by atoms with Gasteiger partial charge in [-0.05, 0) is 31.4 Å². The summed E-state index contributed by atoms with van der Waals surface area (Å²) in [6, 6.07) is 8.18. The summed E-state index contributed by atoms with van der Waals surface area (Å²) >= 11 is 0. The van der Waals surface area contributed by atoms with Gasteiger partial charge in [0.05, 0.1) is 17.1 Å². The van der Waals surface area contributed by atoms with Crippen LogP contribution in [0.15, 0.2) is 24.3 Å². The molecule has 1 aromatic carbocycles. The molecule has 1 unspecified atom stereocenters. The first-order valence-corrected chi connectivity index (χ1v) is 8.03. The van der Waals surface area contributed by atoms with Crippen LogP contribution in [0.3, 0.4) is 0 Å². The third-order valence-corrected chi connectivity index (χ3v) is 4.29. The van der Waals surface area contributed by atoms with E-state index < -0.39 is 0 Å². The van der Waals surface area contributed by atoms with Gasteiger partial charge in [0.1, 0.15) is 5.82 Å². The average molecular weight is 285 g/mol. The topological polar surface area (TPSA) is 49.0 Å². The first kappa shape index (κ1) is 14.1. The Morgan fingerprint density at radius 2 is 2.24 bits per heavy atom. The molecule has 2 heterocycles. The standard InChI is InChI=1S/C17H23N3O/c1-2-3-4-11-16(21)20-12-7-10-15(20)17-18-13-8-5-6-9-14(13)19-17/h5-6,8-9,15H,2-4,7,10-12H2,1H3,(H,18,19). The number of aromatic amines is 1. The Morgan fingerprint density at radius 3 is 3.05 bits per heavy atom. The van der Waals surface area contributed by atoms with Gasteiger partial charge in [-0.25, -0.2) is 4.98 Å². The van der Waals surface area contributed by atoms with Crippen LogP contribution < -0.4 is 0 Å². The zero-order valence-electron chi connectivity index (χ0n) is 12.6. The minimum atomic E-state index is 0.131. The van der Waals surface area contributed by atoms with Crippen LogP contribution in [-0.4, -0.2) is 27.3 Å². The summed E-state index contributed by atoms with van der Waals surface area (Å²) in [5.74, 6) is 1.23. The van der Waals surface area contributed by atoms with Crippen molar-refractivity contribution >= 4 is 16.9 Å². The minimum Gasteiger partial charge on any atom is -0.340 e. The number of nitrogens with zero attached hydrogens (tertiary/aromatic N) is 2. The monoisotopic (exact) mass is 285 g/mol. The van der Waals surface area contributed by atoms with Crippen LogP contribution in [0.5, 0.6) is 0 Å². The highest BCUT2D eigenvalue weighted by Crippen LogP contribution is 2.32. The molecule has 0 aliphatic carbocycles. The normalized spacial score (nSPS) is 18.5. The van der Waals surface area contributed by atoms with E-state index in [2.05, 4.69) is 16.9 Å². The fourth-order valence-electron chi connectivity index (χ4n) is 3.15. The number of aromatic nitrogens is 2. The molecule has 2 aromatic rings. The number of likely N-dealkylation sites (tertiary alicyclic amines) is 1. The molecule has 1 aliphatic rings. The van der Waals surface area contributed by atoms with Crippen LogP contribution in [0.2, 0.25) is 0 Å². The summed E-state index contributed by atoms with van der Waals surface area (Å²) in [5, 5.41) is 0. The van der Waals surface area contributed by atoms with Gasteiger partial charge < -0.3 is 9.88 Å². The van der Waals surface area contributed by atoms with Crippen LogP contribution in [-0.2, 0) is 4.79 Å². The Balaban J connectivity index is 1.75. The van der Waals surface area contributed by atoms with Crippen LogP contribution in [0.4, 0.5) is 0 Å². The molecule has 0 bridgehead atoms. The predicted molar refractivity (Wildman–Crippen MR) is 83.9 cm³/mol. The molecule has 1 aliphatic heterocycles. The lowest BCUT2D eigenvalue weighted by molar-refractivity contribution is -0.132. The minimum absolute atomic E-state index is 0.131. The number of fused-ring (bicyclic) bond motifs is 1. The summed E-state index contributed by atoms with van der Waals surface area (Å²) in [7, 11) is 0. The van der Waals surface area contributed by atoms with Crippen molar-refractivity contribution in [2.75, 3.05) is 6.54 Å². The number of nitrogens with one attached hydrogen (secondary N) is 1. The molecule has 1 N–H and O–H groups in total. The third kappa shape index (κ3) is 2.94. The number of H-pyrrole nitrogens is 1. The number of amides is 1. The van der Waals surface area contributed by atoms with E-state index in [1.54, 1.807) is 0 Å². The Labute approximate surface area is 125 Å². The number of hydrogen-bond donors (Lipinski definition) is 1. The van der Waals surface area contributed by atoms with Gasteiger partial charge in [-0.15, -0.1) is 0 Å². The van der Waals surface area contributed by atoms with E-state index in [1.807, 2.05) is 29.2 Å². The van der Waals surface area contributed by atoms with Gasteiger partial charge in [-0.3, -0.25) is 4.79 Å². The Morgan fingerprint density at radius 1 is 1.38 bits per heavy atom. The molecule has 1 amide bonds. The van der Waals surface area contributed by atoms with Crippen LogP contribution in [0, 0.1) is 0 Å². The Hall–Kier alpha value is -1.84. The smallest absolute Gasteiger partial charge is 0.223 e. The van der Waals surface area contributed by atoms with E-state index in [1.165, 1.54) is 0 Å². The molecule has 4 heteroatoms. The highest BCUT2D eigenvalue weighted by molar-refractivity contribution is 5.78. The van der Waals surface area contributed by atoms with Crippen molar-refractivity contribution in [3.63, 3.8) is 0 Å². The lowest BCUT2D eigenvalue weighted by Crippen LogP contribution is -2.30. The molecule has 21 heavy (non-hydrogen) atoms. The maximum Gasteiger partial charge on any atom is 0.223 e. The molecule has 1 fully saturated rings. The number of benzene rings is 1. The average Bonchev–Trinajstić information content (AvgIpc) is 3.13. The quantitative estimate of drug-likeness (QED) is 0.849. The molecule has 1 saturated heterocycles. The highest BCUT2D eigenvalue weighted by Gasteiger charge is 2.31. The van der Waals surface area contributed by atoms with Gasteiger partial charge in [0.15, 0.2) is 0 Å². The fraction of sp³-hybridized carbons (Fsp3) is 0.529. The Bertz CT molecular complexity index is 586. The molecule has 1 aromatic heterocycles. The Kier molecular flexibility index (Phi) is 4.23. The predicted octanol–water partition coefficient (Wildman–Crippen LogP) is 3.81. The van der Waals surface area contributed by atoms with Crippen molar-refractivity contribution in [1.82, 2.24) is 14.9 Å². The summed E-state index contributed by atoms with van der Waals surface area (Å²) < 4.78 is 0. The molecule has 3 rings (SSSR count). The number of para-hydroxylation sites is 2. The summed E-state index contributed by atoms with van der Waals surface area (Å²) in [6.07, 6.45) is 6.04. The number of hydrogen-bond acceptors (Lipinski definition) is 2. The molecular formula is C17H23N3O. The fourth-order valence-corrected chi connectivity index (χ4v) is 3.15. The zero-order chi connectivity index (χ0) is 14.7. The van der Waals surface area contributed by atoms with Crippen molar-refractivity contribution in [2.24, 2.45) is 0 Å². The second-order valence-corrected chi connectivity index (χ2v) is 5.84. The number of carbonyl (C=O) groups excluding carboxylic acids is 1. The summed E-state index contributed by atoms with van der Waals surface area (Å²) in [5.41, 5.74) is 2.04. The van der Waals surface area contributed by atoms with E-state index in [0.717, 1.165) is 55.5 Å². The summed E-state index contributed by atoms with van der Waals surface area (Å²) in [4.78, 5) is 22.5. The van der Waals surface area contributed by atoms with E-state index in [0.29, 0.717) is 6.42 Å². The van der Waals surface area contributed by atoms with E-state index in [4.69, 9.17) is 0 Å². The van der Waals surface area contributed by atoms with Crippen molar-refractivity contribution < 1.29 is 4.79 Å². The van der Waals surface area contributed by atoms with Gasteiger partial charge in [0.25, 0.3) is 0 Å². The van der Waals surface area contributed by atoms with Crippen LogP contribution >= 0.6 is 0 Å². The van der Waals surface area contributed by atoms with Crippen LogP contribution in [0.1, 0.15) is 57.3 Å². The molecular weight excluding hydrogens is 262 g/mol. The maximum absolute atomic E-state index is 12.4. The molecule has 0 spiro atoms. The van der Waals surface area contributed by atoms with Crippen molar-refractivity contribution in [1.29, 1.82) is 0 Å². The summed E-state index contributed by atoms with van der Waals surface area (Å²) in [6.45, 7) is 3.03. The first-order chi connectivity index (χ1) is 10.3.